The Bertz CT molecular complexity index is 473. The van der Waals surface area contributed by atoms with Gasteiger partial charge >= 0.3 is 0 Å². The summed E-state index contributed by atoms with van der Waals surface area (Å²) in [4.78, 5) is 11.7. The highest BCUT2D eigenvalue weighted by atomic mass is 19.1. The van der Waals surface area contributed by atoms with E-state index < -0.39 is 5.82 Å². The van der Waals surface area contributed by atoms with Crippen LogP contribution in [0.15, 0.2) is 18.2 Å². The molecule has 0 radical (unpaired) electrons. The lowest BCUT2D eigenvalue weighted by molar-refractivity contribution is -0.124. The highest BCUT2D eigenvalue weighted by Gasteiger charge is 2.18. The van der Waals surface area contributed by atoms with Gasteiger partial charge in [0.2, 0.25) is 0 Å². The average Bonchev–Trinajstić information content (AvgIpc) is 2.35. The zero-order chi connectivity index (χ0) is 15.3. The zero-order valence-electron chi connectivity index (χ0n) is 12.5. The number of nitrogens with two attached hydrogens (primary N) is 1. The highest BCUT2D eigenvalue weighted by Crippen LogP contribution is 2.20. The molecule has 1 aromatic rings. The Morgan fingerprint density at radius 1 is 1.50 bits per heavy atom. The van der Waals surface area contributed by atoms with E-state index in [0.29, 0.717) is 11.3 Å². The Morgan fingerprint density at radius 3 is 2.65 bits per heavy atom. The van der Waals surface area contributed by atoms with Crippen LogP contribution < -0.4 is 15.8 Å². The van der Waals surface area contributed by atoms with E-state index in [0.717, 1.165) is 6.42 Å². The van der Waals surface area contributed by atoms with Crippen molar-refractivity contribution in [3.63, 3.8) is 0 Å². The molecule has 1 atom stereocenters. The van der Waals surface area contributed by atoms with Gasteiger partial charge in [-0.2, -0.15) is 0 Å². The summed E-state index contributed by atoms with van der Waals surface area (Å²) in [7, 11) is 0. The van der Waals surface area contributed by atoms with Crippen molar-refractivity contribution >= 4 is 5.91 Å². The van der Waals surface area contributed by atoms with E-state index in [4.69, 9.17) is 10.5 Å². The Morgan fingerprint density at radius 2 is 2.15 bits per heavy atom. The van der Waals surface area contributed by atoms with Gasteiger partial charge in [0.05, 0.1) is 0 Å². The Labute approximate surface area is 119 Å². The van der Waals surface area contributed by atoms with Crippen LogP contribution in [0.1, 0.15) is 45.7 Å². The summed E-state index contributed by atoms with van der Waals surface area (Å²) in [6.45, 7) is 7.42. The first-order valence-electron chi connectivity index (χ1n) is 6.74. The number of ether oxygens (including phenoxy) is 1. The molecule has 20 heavy (non-hydrogen) atoms. The zero-order valence-corrected chi connectivity index (χ0v) is 12.5. The molecule has 0 bridgehead atoms. The Balaban J connectivity index is 2.58. The van der Waals surface area contributed by atoms with E-state index in [1.807, 2.05) is 20.8 Å². The molecule has 0 saturated heterocycles. The molecule has 1 unspecified atom stereocenters. The summed E-state index contributed by atoms with van der Waals surface area (Å²) in [5, 5.41) is 2.84. The van der Waals surface area contributed by atoms with E-state index in [1.54, 1.807) is 19.1 Å². The number of nitrogens with one attached hydrogen (secondary N) is 1. The van der Waals surface area contributed by atoms with Gasteiger partial charge in [-0.1, -0.05) is 13.0 Å². The lowest BCUT2D eigenvalue weighted by Gasteiger charge is -2.24. The molecule has 1 rings (SSSR count). The minimum absolute atomic E-state index is 0.138. The van der Waals surface area contributed by atoms with E-state index in [9.17, 15) is 9.18 Å². The summed E-state index contributed by atoms with van der Waals surface area (Å²) >= 11 is 0. The number of benzene rings is 1. The average molecular weight is 282 g/mol. The highest BCUT2D eigenvalue weighted by molar-refractivity contribution is 5.78. The van der Waals surface area contributed by atoms with Crippen LogP contribution in [0.25, 0.3) is 0 Å². The summed E-state index contributed by atoms with van der Waals surface area (Å²) in [5.74, 6) is -0.336. The molecule has 1 aromatic carbocycles. The van der Waals surface area contributed by atoms with Crippen molar-refractivity contribution in [1.29, 1.82) is 0 Å². The van der Waals surface area contributed by atoms with Crippen LogP contribution in [0.5, 0.6) is 5.75 Å². The molecule has 0 aliphatic rings. The molecule has 0 heterocycles. The predicted octanol–water partition coefficient (Wildman–Crippen LogP) is 2.53. The molecule has 0 aliphatic heterocycles. The topological polar surface area (TPSA) is 64.3 Å². The second-order valence-electron chi connectivity index (χ2n) is 5.55. The first kappa shape index (κ1) is 16.4. The number of hydrogen-bond donors (Lipinski definition) is 2. The minimum atomic E-state index is -0.424. The van der Waals surface area contributed by atoms with Crippen molar-refractivity contribution in [3.05, 3.63) is 29.6 Å². The van der Waals surface area contributed by atoms with E-state index in [2.05, 4.69) is 5.32 Å². The van der Waals surface area contributed by atoms with Crippen molar-refractivity contribution in [3.8, 4) is 5.75 Å². The second-order valence-corrected chi connectivity index (χ2v) is 5.55. The summed E-state index contributed by atoms with van der Waals surface area (Å²) in [6.07, 6.45) is 0.816. The van der Waals surface area contributed by atoms with E-state index in [-0.39, 0.29) is 24.1 Å². The number of rotatable bonds is 6. The molecular formula is C15H23FN2O2. The number of carbonyl (C=O) groups excluding carboxylic acids is 1. The van der Waals surface area contributed by atoms with Crippen molar-refractivity contribution < 1.29 is 13.9 Å². The van der Waals surface area contributed by atoms with Gasteiger partial charge in [0.15, 0.2) is 6.61 Å². The van der Waals surface area contributed by atoms with Crippen LogP contribution in [0.2, 0.25) is 0 Å². The van der Waals surface area contributed by atoms with Crippen molar-refractivity contribution in [2.24, 2.45) is 5.73 Å². The smallest absolute Gasteiger partial charge is 0.258 e. The van der Waals surface area contributed by atoms with Crippen molar-refractivity contribution in [2.75, 3.05) is 6.61 Å². The first-order valence-corrected chi connectivity index (χ1v) is 6.74. The lowest BCUT2D eigenvalue weighted by Crippen LogP contribution is -2.44. The second kappa shape index (κ2) is 6.70. The van der Waals surface area contributed by atoms with Gasteiger partial charge in [-0.05, 0) is 33.3 Å². The molecule has 0 saturated carbocycles. The van der Waals surface area contributed by atoms with Crippen LogP contribution in [0.4, 0.5) is 4.39 Å². The number of carbonyl (C=O) groups is 1. The molecule has 0 spiro atoms. The molecule has 1 amide bonds. The molecule has 3 N–H and O–H groups in total. The fourth-order valence-corrected chi connectivity index (χ4v) is 1.62. The maximum Gasteiger partial charge on any atom is 0.258 e. The fourth-order valence-electron chi connectivity index (χ4n) is 1.62. The summed E-state index contributed by atoms with van der Waals surface area (Å²) in [6, 6.07) is 4.05. The fraction of sp³-hybridized carbons (Fsp3) is 0.533. The summed E-state index contributed by atoms with van der Waals surface area (Å²) < 4.78 is 19.0. The number of amides is 1. The summed E-state index contributed by atoms with van der Waals surface area (Å²) in [5.41, 5.74) is 5.78. The van der Waals surface area contributed by atoms with Gasteiger partial charge in [0.25, 0.3) is 5.91 Å². The molecule has 0 aromatic heterocycles. The van der Waals surface area contributed by atoms with Gasteiger partial charge in [-0.15, -0.1) is 0 Å². The van der Waals surface area contributed by atoms with E-state index in [1.165, 1.54) is 6.07 Å². The predicted molar refractivity (Wildman–Crippen MR) is 77.0 cm³/mol. The quantitative estimate of drug-likeness (QED) is 0.842. The molecule has 5 heteroatoms. The van der Waals surface area contributed by atoms with Crippen LogP contribution in [0, 0.1) is 5.82 Å². The van der Waals surface area contributed by atoms with Gasteiger partial charge in [0.1, 0.15) is 11.6 Å². The van der Waals surface area contributed by atoms with Crippen molar-refractivity contribution in [1.82, 2.24) is 5.32 Å². The minimum Gasteiger partial charge on any atom is -0.484 e. The van der Waals surface area contributed by atoms with E-state index >= 15 is 0 Å². The maximum absolute atomic E-state index is 13.7. The van der Waals surface area contributed by atoms with Gasteiger partial charge in [-0.25, -0.2) is 4.39 Å². The van der Waals surface area contributed by atoms with Gasteiger partial charge < -0.3 is 15.8 Å². The monoisotopic (exact) mass is 282 g/mol. The molecular weight excluding hydrogens is 259 g/mol. The maximum atomic E-state index is 13.7. The van der Waals surface area contributed by atoms with Crippen LogP contribution in [-0.4, -0.2) is 18.1 Å². The Kier molecular flexibility index (Phi) is 5.51. The van der Waals surface area contributed by atoms with Crippen LogP contribution in [-0.2, 0) is 4.79 Å². The third kappa shape index (κ3) is 4.81. The Hall–Kier alpha value is -1.62. The van der Waals surface area contributed by atoms with Crippen molar-refractivity contribution in [2.45, 2.75) is 45.7 Å². The SMILES string of the molecule is CCC(C)(C)NC(=O)COc1ccc(C(C)N)c(F)c1. The number of halogens is 1. The molecule has 4 nitrogen and oxygen atoms in total. The third-order valence-electron chi connectivity index (χ3n) is 3.19. The lowest BCUT2D eigenvalue weighted by atomic mass is 10.0. The third-order valence-corrected chi connectivity index (χ3v) is 3.19. The number of hydrogen-bond acceptors (Lipinski definition) is 3. The molecule has 0 aliphatic carbocycles. The van der Waals surface area contributed by atoms with Gasteiger partial charge in [0, 0.05) is 23.2 Å². The van der Waals surface area contributed by atoms with Gasteiger partial charge in [-0.3, -0.25) is 4.79 Å². The molecule has 0 fully saturated rings. The van der Waals surface area contributed by atoms with Crippen LogP contribution >= 0.6 is 0 Å². The first-order chi connectivity index (χ1) is 9.25. The normalized spacial score (nSPS) is 12.9. The van der Waals surface area contributed by atoms with Crippen LogP contribution in [0.3, 0.4) is 0 Å². The standard InChI is InChI=1S/C15H23FN2O2/c1-5-15(3,4)18-14(19)9-20-11-6-7-12(10(2)17)13(16)8-11/h6-8,10H,5,9,17H2,1-4H3,(H,18,19). The largest absolute Gasteiger partial charge is 0.484 e. The molecule has 112 valence electrons.